The first-order chi connectivity index (χ1) is 9.60. The Labute approximate surface area is 119 Å². The molecule has 0 bridgehead atoms. The van der Waals surface area contributed by atoms with Gasteiger partial charge >= 0.3 is 0 Å². The van der Waals surface area contributed by atoms with Crippen molar-refractivity contribution in [3.63, 3.8) is 0 Å². The second-order valence-electron chi connectivity index (χ2n) is 4.89. The number of hydrogen-bond donors (Lipinski definition) is 1. The van der Waals surface area contributed by atoms with E-state index in [4.69, 9.17) is 4.74 Å². The summed E-state index contributed by atoms with van der Waals surface area (Å²) in [5, 5.41) is 3.28. The van der Waals surface area contributed by atoms with Gasteiger partial charge in [-0.25, -0.2) is 4.39 Å². The first kappa shape index (κ1) is 14.5. The first-order valence-corrected chi connectivity index (χ1v) is 6.84. The predicted octanol–water partition coefficient (Wildman–Crippen LogP) is 4.34. The zero-order valence-electron chi connectivity index (χ0n) is 12.2. The van der Waals surface area contributed by atoms with Gasteiger partial charge in [-0.15, -0.1) is 0 Å². The van der Waals surface area contributed by atoms with Crippen LogP contribution in [0.1, 0.15) is 23.6 Å². The molecule has 106 valence electrons. The van der Waals surface area contributed by atoms with Crippen LogP contribution in [0.15, 0.2) is 36.4 Å². The molecule has 3 heteroatoms. The number of halogens is 1. The molecule has 0 fully saturated rings. The fourth-order valence-electron chi connectivity index (χ4n) is 1.94. The fourth-order valence-corrected chi connectivity index (χ4v) is 1.94. The van der Waals surface area contributed by atoms with Crippen molar-refractivity contribution in [3.8, 4) is 11.5 Å². The molecule has 0 spiro atoms. The molecule has 2 aromatic rings. The zero-order chi connectivity index (χ0) is 14.5. The summed E-state index contributed by atoms with van der Waals surface area (Å²) in [7, 11) is 0. The first-order valence-electron chi connectivity index (χ1n) is 6.84. The molecule has 0 radical (unpaired) electrons. The molecule has 20 heavy (non-hydrogen) atoms. The summed E-state index contributed by atoms with van der Waals surface area (Å²) >= 11 is 0. The number of hydrogen-bond acceptors (Lipinski definition) is 2. The van der Waals surface area contributed by atoms with Gasteiger partial charge in [-0.2, -0.15) is 0 Å². The molecule has 0 heterocycles. The SMILES string of the molecule is CCNCc1ccc(C)c(Oc2cc(F)ccc2C)c1. The minimum Gasteiger partial charge on any atom is -0.457 e. The van der Waals surface area contributed by atoms with Crippen molar-refractivity contribution in [1.82, 2.24) is 5.32 Å². The maximum Gasteiger partial charge on any atom is 0.133 e. The van der Waals surface area contributed by atoms with Crippen LogP contribution in [-0.4, -0.2) is 6.54 Å². The van der Waals surface area contributed by atoms with E-state index in [0.717, 1.165) is 35.5 Å². The largest absolute Gasteiger partial charge is 0.457 e. The van der Waals surface area contributed by atoms with Gasteiger partial charge in [-0.05, 0) is 49.2 Å². The standard InChI is InChI=1S/C17H20FNO/c1-4-19-11-14-7-5-12(2)16(9-14)20-17-10-15(18)8-6-13(17)3/h5-10,19H,4,11H2,1-3H3. The lowest BCUT2D eigenvalue weighted by Crippen LogP contribution is -2.11. The molecule has 0 atom stereocenters. The highest BCUT2D eigenvalue weighted by molar-refractivity contribution is 5.42. The molecule has 0 unspecified atom stereocenters. The van der Waals surface area contributed by atoms with Crippen molar-refractivity contribution >= 4 is 0 Å². The van der Waals surface area contributed by atoms with E-state index in [0.29, 0.717) is 5.75 Å². The molecule has 0 aliphatic carbocycles. The van der Waals surface area contributed by atoms with Gasteiger partial charge in [0.25, 0.3) is 0 Å². The predicted molar refractivity (Wildman–Crippen MR) is 79.8 cm³/mol. The molecule has 2 rings (SSSR count). The van der Waals surface area contributed by atoms with Gasteiger partial charge in [0.05, 0.1) is 0 Å². The average molecular weight is 273 g/mol. The van der Waals surface area contributed by atoms with Crippen LogP contribution in [0, 0.1) is 19.7 Å². The van der Waals surface area contributed by atoms with Crippen LogP contribution in [0.3, 0.4) is 0 Å². The molecule has 0 amide bonds. The molecular formula is C17H20FNO. The molecule has 0 aromatic heterocycles. The Morgan fingerprint density at radius 3 is 2.35 bits per heavy atom. The second-order valence-corrected chi connectivity index (χ2v) is 4.89. The highest BCUT2D eigenvalue weighted by atomic mass is 19.1. The fraction of sp³-hybridized carbons (Fsp3) is 0.294. The number of benzene rings is 2. The summed E-state index contributed by atoms with van der Waals surface area (Å²) in [5.41, 5.74) is 3.11. The lowest BCUT2D eigenvalue weighted by molar-refractivity contribution is 0.468. The lowest BCUT2D eigenvalue weighted by Gasteiger charge is -2.13. The highest BCUT2D eigenvalue weighted by Gasteiger charge is 2.07. The van der Waals surface area contributed by atoms with Crippen LogP contribution >= 0.6 is 0 Å². The molecule has 0 aliphatic heterocycles. The van der Waals surface area contributed by atoms with Crippen LogP contribution in [0.2, 0.25) is 0 Å². The third-order valence-corrected chi connectivity index (χ3v) is 3.20. The van der Waals surface area contributed by atoms with E-state index in [9.17, 15) is 4.39 Å². The summed E-state index contributed by atoms with van der Waals surface area (Å²) < 4.78 is 19.2. The van der Waals surface area contributed by atoms with E-state index >= 15 is 0 Å². The summed E-state index contributed by atoms with van der Waals surface area (Å²) in [6.07, 6.45) is 0. The third kappa shape index (κ3) is 3.58. The van der Waals surface area contributed by atoms with E-state index in [-0.39, 0.29) is 5.82 Å². The molecule has 0 saturated heterocycles. The van der Waals surface area contributed by atoms with Crippen LogP contribution < -0.4 is 10.1 Å². The van der Waals surface area contributed by atoms with E-state index in [2.05, 4.69) is 18.3 Å². The van der Waals surface area contributed by atoms with Gasteiger partial charge in [0.1, 0.15) is 17.3 Å². The minimum absolute atomic E-state index is 0.285. The Balaban J connectivity index is 2.25. The smallest absolute Gasteiger partial charge is 0.133 e. The number of ether oxygens (including phenoxy) is 1. The van der Waals surface area contributed by atoms with Crippen molar-refractivity contribution in [2.45, 2.75) is 27.3 Å². The zero-order valence-corrected chi connectivity index (χ0v) is 12.2. The van der Waals surface area contributed by atoms with Gasteiger partial charge in [0.2, 0.25) is 0 Å². The van der Waals surface area contributed by atoms with E-state index in [1.165, 1.54) is 12.1 Å². The van der Waals surface area contributed by atoms with E-state index in [1.807, 2.05) is 26.0 Å². The Hall–Kier alpha value is -1.87. The Morgan fingerprint density at radius 1 is 1.00 bits per heavy atom. The third-order valence-electron chi connectivity index (χ3n) is 3.20. The average Bonchev–Trinajstić information content (AvgIpc) is 2.43. The Morgan fingerprint density at radius 2 is 1.65 bits per heavy atom. The quantitative estimate of drug-likeness (QED) is 0.874. The van der Waals surface area contributed by atoms with Crippen LogP contribution in [-0.2, 0) is 6.54 Å². The maximum absolute atomic E-state index is 13.3. The number of aryl methyl sites for hydroxylation is 2. The van der Waals surface area contributed by atoms with Crippen molar-refractivity contribution in [2.24, 2.45) is 0 Å². The van der Waals surface area contributed by atoms with E-state index in [1.54, 1.807) is 6.07 Å². The normalized spacial score (nSPS) is 10.6. The number of nitrogens with one attached hydrogen (secondary N) is 1. The summed E-state index contributed by atoms with van der Waals surface area (Å²) in [6.45, 7) is 7.69. The summed E-state index contributed by atoms with van der Waals surface area (Å²) in [4.78, 5) is 0. The highest BCUT2D eigenvalue weighted by Crippen LogP contribution is 2.29. The van der Waals surface area contributed by atoms with Crippen LogP contribution in [0.25, 0.3) is 0 Å². The molecule has 2 nitrogen and oxygen atoms in total. The van der Waals surface area contributed by atoms with Crippen molar-refractivity contribution in [3.05, 3.63) is 58.9 Å². The van der Waals surface area contributed by atoms with Gasteiger partial charge in [0, 0.05) is 12.6 Å². The van der Waals surface area contributed by atoms with Gasteiger partial charge < -0.3 is 10.1 Å². The Bertz CT molecular complexity index is 596. The molecule has 0 saturated carbocycles. The molecule has 2 aromatic carbocycles. The minimum atomic E-state index is -0.285. The van der Waals surface area contributed by atoms with Crippen LogP contribution in [0.4, 0.5) is 4.39 Å². The van der Waals surface area contributed by atoms with E-state index < -0.39 is 0 Å². The topological polar surface area (TPSA) is 21.3 Å². The molecular weight excluding hydrogens is 253 g/mol. The van der Waals surface area contributed by atoms with Gasteiger partial charge in [-0.1, -0.05) is 25.1 Å². The van der Waals surface area contributed by atoms with Crippen molar-refractivity contribution in [1.29, 1.82) is 0 Å². The maximum atomic E-state index is 13.3. The van der Waals surface area contributed by atoms with Crippen molar-refractivity contribution in [2.75, 3.05) is 6.54 Å². The monoisotopic (exact) mass is 273 g/mol. The molecule has 0 aliphatic rings. The van der Waals surface area contributed by atoms with Gasteiger partial charge in [-0.3, -0.25) is 0 Å². The molecule has 1 N–H and O–H groups in total. The second kappa shape index (κ2) is 6.53. The summed E-state index contributed by atoms with van der Waals surface area (Å²) in [6, 6.07) is 10.7. The lowest BCUT2D eigenvalue weighted by atomic mass is 10.1. The van der Waals surface area contributed by atoms with Gasteiger partial charge in [0.15, 0.2) is 0 Å². The summed E-state index contributed by atoms with van der Waals surface area (Å²) in [5.74, 6) is 1.05. The number of rotatable bonds is 5. The Kier molecular flexibility index (Phi) is 4.74. The van der Waals surface area contributed by atoms with Crippen LogP contribution in [0.5, 0.6) is 11.5 Å². The van der Waals surface area contributed by atoms with Crippen molar-refractivity contribution < 1.29 is 9.13 Å².